The summed E-state index contributed by atoms with van der Waals surface area (Å²) in [6, 6.07) is -2.61. The van der Waals surface area contributed by atoms with Crippen molar-refractivity contribution < 1.29 is 53.3 Å². The van der Waals surface area contributed by atoms with Gasteiger partial charge in [0.05, 0.1) is 37.2 Å². The topological polar surface area (TPSA) is 343 Å². The number of rotatable bonds is 8. The Balaban J connectivity index is 1.69. The van der Waals surface area contributed by atoms with Gasteiger partial charge in [-0.05, 0) is 18.1 Å². The molecule has 0 unspecified atom stereocenters. The molecule has 2 aliphatic rings. The van der Waals surface area contributed by atoms with Gasteiger partial charge < -0.3 is 68.6 Å². The van der Waals surface area contributed by atoms with Crippen LogP contribution in [0.1, 0.15) is 38.7 Å². The first-order valence-corrected chi connectivity index (χ1v) is 17.2. The largest absolute Gasteiger partial charge is 0.508 e. The fourth-order valence-electron chi connectivity index (χ4n) is 6.16. The van der Waals surface area contributed by atoms with Crippen LogP contribution >= 0.6 is 0 Å². The van der Waals surface area contributed by atoms with Crippen molar-refractivity contribution in [2.45, 2.75) is 75.8 Å². The molecule has 14 N–H and O–H groups in total. The van der Waals surface area contributed by atoms with E-state index in [4.69, 9.17) is 21.9 Å². The summed E-state index contributed by atoms with van der Waals surface area (Å²) in [5.41, 5.74) is 17.7. The molecule has 1 aromatic heterocycles. The highest BCUT2D eigenvalue weighted by atomic mass is 16.5. The van der Waals surface area contributed by atoms with Gasteiger partial charge in [-0.3, -0.25) is 38.4 Å². The molecule has 3 heterocycles. The summed E-state index contributed by atoms with van der Waals surface area (Å²) >= 11 is 0. The van der Waals surface area contributed by atoms with Gasteiger partial charge in [-0.25, -0.2) is 0 Å². The number of likely N-dealkylation sites (tertiary alicyclic amines) is 1. The molecule has 54 heavy (non-hydrogen) atoms. The molecule has 0 aliphatic carbocycles. The second-order valence-corrected chi connectivity index (χ2v) is 13.3. The number of hydrogen-bond donors (Lipinski definition) is 11. The number of aromatic hydroxyl groups is 1. The van der Waals surface area contributed by atoms with Crippen LogP contribution in [0.5, 0.6) is 11.6 Å². The maximum atomic E-state index is 13.8. The van der Waals surface area contributed by atoms with Gasteiger partial charge in [-0.2, -0.15) is 0 Å². The maximum absolute atomic E-state index is 13.8. The number of fused-ring (bicyclic) bond motifs is 3. The fourth-order valence-corrected chi connectivity index (χ4v) is 6.16. The number of H-pyrrole nitrogens is 1. The number of benzene rings is 1. The van der Waals surface area contributed by atoms with E-state index in [1.54, 1.807) is 13.8 Å². The van der Waals surface area contributed by atoms with Crippen molar-refractivity contribution in [3.63, 3.8) is 0 Å². The third-order valence-corrected chi connectivity index (χ3v) is 9.23. The van der Waals surface area contributed by atoms with E-state index < -0.39 is 116 Å². The Morgan fingerprint density at radius 2 is 1.70 bits per heavy atom. The molecular weight excluding hydrogens is 712 g/mol. The number of aromatic amines is 1. The highest BCUT2D eigenvalue weighted by Crippen LogP contribution is 2.31. The lowest BCUT2D eigenvalue weighted by atomic mass is 9.98. The molecule has 2 aliphatic heterocycles. The molecule has 21 nitrogen and oxygen atoms in total. The number of nitrogens with one attached hydrogen (secondary N) is 6. The summed E-state index contributed by atoms with van der Waals surface area (Å²) in [5, 5.41) is 32.9. The predicted molar refractivity (Wildman–Crippen MR) is 188 cm³/mol. The molecule has 0 radical (unpaired) electrons. The summed E-state index contributed by atoms with van der Waals surface area (Å²) in [7, 11) is 0. The minimum atomic E-state index is -1.67. The highest BCUT2D eigenvalue weighted by Gasteiger charge is 2.41. The van der Waals surface area contributed by atoms with Gasteiger partial charge >= 0.3 is 0 Å². The van der Waals surface area contributed by atoms with Crippen LogP contribution in [-0.2, 0) is 44.8 Å². The number of carbonyl (C=O) groups excluding carboxylic acids is 8. The van der Waals surface area contributed by atoms with Crippen molar-refractivity contribution in [1.29, 1.82) is 0 Å². The number of hydrogen-bond acceptors (Lipinski definition) is 12. The monoisotopic (exact) mass is 758 g/mol. The van der Waals surface area contributed by atoms with Crippen LogP contribution in [0.15, 0.2) is 18.2 Å². The Morgan fingerprint density at radius 1 is 1.04 bits per heavy atom. The standard InChI is InChI=1S/C33H46N10O11/c1-3-14(2)27-31(52)38-10-25(47)39-22(30(51)40-21(9-24(35)46)33(53)43-12-16(45)7-23(43)28(36)49)13-54-32-18(17-5-4-15(44)6-20(17)41-32)8-19(34)29(50)37-11-26(48)42-27/h4-6,14,16,19,21-23,27,41,44-45H,3,7-13,34H2,1-2H3,(H2,35,46)(H2,36,49)(H,37,50)(H,38,52)(H,39,47)(H,40,51)(H,42,48)/t14-,16+,19-,21-,22-,23-,27-/m0/s1. The number of primary amides is 2. The van der Waals surface area contributed by atoms with E-state index in [0.717, 1.165) is 4.90 Å². The molecule has 4 rings (SSSR count). The lowest BCUT2D eigenvalue weighted by Crippen LogP contribution is -2.59. The smallest absolute Gasteiger partial charge is 0.246 e. The first kappa shape index (κ1) is 40.8. The number of aliphatic hydroxyl groups is 1. The molecule has 0 spiro atoms. The molecule has 0 saturated carbocycles. The zero-order chi connectivity index (χ0) is 39.9. The Bertz CT molecular complexity index is 1800. The summed E-state index contributed by atoms with van der Waals surface area (Å²) in [6.45, 7) is 1.33. The third-order valence-electron chi connectivity index (χ3n) is 9.23. The zero-order valence-corrected chi connectivity index (χ0v) is 29.7. The quantitative estimate of drug-likeness (QED) is 0.121. The van der Waals surface area contributed by atoms with Crippen LogP contribution < -0.4 is 48.5 Å². The van der Waals surface area contributed by atoms with Gasteiger partial charge in [-0.1, -0.05) is 20.3 Å². The predicted octanol–water partition coefficient (Wildman–Crippen LogP) is -4.81. The van der Waals surface area contributed by atoms with Crippen LogP contribution in [0.25, 0.3) is 10.9 Å². The molecule has 1 fully saturated rings. The second kappa shape index (κ2) is 17.7. The molecule has 0 bridgehead atoms. The number of phenolic OH excluding ortho intramolecular Hbond substituents is 1. The van der Waals surface area contributed by atoms with Gasteiger partial charge in [0.25, 0.3) is 0 Å². The number of ether oxygens (including phenoxy) is 1. The average Bonchev–Trinajstić information content (AvgIpc) is 3.67. The Morgan fingerprint density at radius 3 is 2.35 bits per heavy atom. The Kier molecular flexibility index (Phi) is 13.4. The summed E-state index contributed by atoms with van der Waals surface area (Å²) < 4.78 is 5.98. The van der Waals surface area contributed by atoms with Crippen molar-refractivity contribution in [3.8, 4) is 11.6 Å². The van der Waals surface area contributed by atoms with Gasteiger partial charge in [0.1, 0.15) is 36.5 Å². The first-order valence-electron chi connectivity index (χ1n) is 17.2. The maximum Gasteiger partial charge on any atom is 0.246 e. The second-order valence-electron chi connectivity index (χ2n) is 13.3. The number of phenols is 1. The van der Waals surface area contributed by atoms with E-state index >= 15 is 0 Å². The van der Waals surface area contributed by atoms with Crippen LogP contribution in [0, 0.1) is 5.92 Å². The van der Waals surface area contributed by atoms with Crippen LogP contribution in [0.3, 0.4) is 0 Å². The summed E-state index contributed by atoms with van der Waals surface area (Å²) in [5.74, 6) is -7.53. The Hall–Kier alpha value is -5.96. The van der Waals surface area contributed by atoms with Crippen LogP contribution in [0.4, 0.5) is 0 Å². The number of aromatic nitrogens is 1. The third kappa shape index (κ3) is 10.1. The minimum Gasteiger partial charge on any atom is -0.508 e. The van der Waals surface area contributed by atoms with Crippen molar-refractivity contribution in [1.82, 2.24) is 36.5 Å². The van der Waals surface area contributed by atoms with Crippen LogP contribution in [-0.4, -0.2) is 130 Å². The molecule has 7 atom stereocenters. The van der Waals surface area contributed by atoms with E-state index in [1.807, 2.05) is 0 Å². The van der Waals surface area contributed by atoms with E-state index in [-0.39, 0.29) is 31.0 Å². The molecular formula is C33H46N10O11. The number of aliphatic hydroxyl groups excluding tert-OH is 1. The van der Waals surface area contributed by atoms with Gasteiger partial charge in [0.15, 0.2) is 5.88 Å². The number of carbonyl (C=O) groups is 8. The zero-order valence-electron chi connectivity index (χ0n) is 29.7. The Labute approximate surface area is 308 Å². The van der Waals surface area contributed by atoms with Crippen LogP contribution in [0.2, 0.25) is 0 Å². The number of amides is 8. The lowest BCUT2D eigenvalue weighted by Gasteiger charge is -2.28. The van der Waals surface area contributed by atoms with E-state index in [9.17, 15) is 48.6 Å². The first-order chi connectivity index (χ1) is 25.5. The van der Waals surface area contributed by atoms with E-state index in [1.165, 1.54) is 18.2 Å². The molecule has 1 saturated heterocycles. The fraction of sp³-hybridized carbons (Fsp3) is 0.515. The normalized spacial score (nSPS) is 24.3. The number of β-amino-alcohol motifs (C(OH)–C–C–N with tert-alkyl or cyclic N) is 1. The molecule has 1 aromatic carbocycles. The summed E-state index contributed by atoms with van der Waals surface area (Å²) in [6.07, 6.45) is -1.74. The average molecular weight is 759 g/mol. The lowest BCUT2D eigenvalue weighted by molar-refractivity contribution is -0.142. The van der Waals surface area contributed by atoms with Crippen molar-refractivity contribution in [2.75, 3.05) is 26.2 Å². The van der Waals surface area contributed by atoms with Gasteiger partial charge in [-0.15, -0.1) is 0 Å². The van der Waals surface area contributed by atoms with E-state index in [0.29, 0.717) is 22.9 Å². The van der Waals surface area contributed by atoms with Gasteiger partial charge in [0, 0.05) is 36.4 Å². The number of nitrogens with two attached hydrogens (primary N) is 3. The van der Waals surface area contributed by atoms with E-state index in [2.05, 4.69) is 31.6 Å². The SMILES string of the molecule is CC[C@H](C)[C@@H]1NC(=O)CNC(=O)[C@@H](N)Cc2c([nH]c3cc(O)ccc23)OC[C@@H](C(=O)N[C@@H](CC(N)=O)C(=O)N2C[C@H](O)C[C@H]2C(N)=O)NC(=O)CNC1=O. The summed E-state index contributed by atoms with van der Waals surface area (Å²) in [4.78, 5) is 107. The van der Waals surface area contributed by atoms with Crippen molar-refractivity contribution in [2.24, 2.45) is 23.1 Å². The molecule has 294 valence electrons. The molecule has 2 aromatic rings. The minimum absolute atomic E-state index is 0.0189. The van der Waals surface area contributed by atoms with Crippen molar-refractivity contribution in [3.05, 3.63) is 23.8 Å². The van der Waals surface area contributed by atoms with Crippen molar-refractivity contribution >= 4 is 58.2 Å². The number of nitrogens with zero attached hydrogens (tertiary/aromatic N) is 1. The molecule has 21 heteroatoms. The molecule has 8 amide bonds. The highest BCUT2D eigenvalue weighted by molar-refractivity contribution is 5.98. The van der Waals surface area contributed by atoms with Gasteiger partial charge in [0.2, 0.25) is 47.3 Å².